The minimum Gasteiger partial charge on any atom is -0.490 e. The van der Waals surface area contributed by atoms with Gasteiger partial charge in [0.2, 0.25) is 5.91 Å². The molecule has 5 heteroatoms. The summed E-state index contributed by atoms with van der Waals surface area (Å²) < 4.78 is 6.16. The van der Waals surface area contributed by atoms with Gasteiger partial charge in [-0.15, -0.1) is 0 Å². The Morgan fingerprint density at radius 3 is 3.09 bits per heavy atom. The van der Waals surface area contributed by atoms with E-state index in [1.807, 2.05) is 30.0 Å². The second kappa shape index (κ2) is 6.38. The molecular formula is C17H23N3O2. The molecule has 0 unspecified atom stereocenters. The fraction of sp³-hybridized carbons (Fsp3) is 0.529. The molecule has 1 fully saturated rings. The van der Waals surface area contributed by atoms with Gasteiger partial charge in [0.1, 0.15) is 11.9 Å². The van der Waals surface area contributed by atoms with Crippen molar-refractivity contribution in [1.29, 1.82) is 0 Å². The molecule has 0 spiro atoms. The van der Waals surface area contributed by atoms with Crippen LogP contribution >= 0.6 is 0 Å². The second-order valence-electron chi connectivity index (χ2n) is 5.98. The molecule has 1 aromatic heterocycles. The van der Waals surface area contributed by atoms with E-state index in [9.17, 15) is 4.79 Å². The lowest BCUT2D eigenvalue weighted by Gasteiger charge is -2.36. The predicted molar refractivity (Wildman–Crippen MR) is 85.8 cm³/mol. The maximum atomic E-state index is 11.7. The second-order valence-corrected chi connectivity index (χ2v) is 5.98. The minimum absolute atomic E-state index is 0.160. The first-order valence-corrected chi connectivity index (χ1v) is 8.04. The Balaban J connectivity index is 1.68. The fourth-order valence-corrected chi connectivity index (χ4v) is 3.43. The van der Waals surface area contributed by atoms with E-state index in [2.05, 4.69) is 10.2 Å². The molecular weight excluding hydrogens is 278 g/mol. The first kappa shape index (κ1) is 14.9. The SMILES string of the molecule is CCN(C(C)=O)[C@@H]1CCC[C@@H](Oc2ccc3[nH]ncc3c2)C1. The molecule has 0 aliphatic heterocycles. The topological polar surface area (TPSA) is 58.2 Å². The van der Waals surface area contributed by atoms with Gasteiger partial charge in [0, 0.05) is 31.3 Å². The van der Waals surface area contributed by atoms with Gasteiger partial charge in [-0.1, -0.05) is 0 Å². The molecule has 118 valence electrons. The minimum atomic E-state index is 0.160. The van der Waals surface area contributed by atoms with Gasteiger partial charge in [0.05, 0.1) is 11.7 Å². The average Bonchev–Trinajstić information content (AvgIpc) is 2.95. The smallest absolute Gasteiger partial charge is 0.219 e. The Labute approximate surface area is 130 Å². The fourth-order valence-electron chi connectivity index (χ4n) is 3.43. The van der Waals surface area contributed by atoms with Crippen molar-refractivity contribution < 1.29 is 9.53 Å². The normalized spacial score (nSPS) is 21.7. The summed E-state index contributed by atoms with van der Waals surface area (Å²) in [5.74, 6) is 1.04. The number of aromatic amines is 1. The van der Waals surface area contributed by atoms with Crippen molar-refractivity contribution in [2.45, 2.75) is 51.7 Å². The summed E-state index contributed by atoms with van der Waals surface area (Å²) >= 11 is 0. The summed E-state index contributed by atoms with van der Waals surface area (Å²) in [5, 5.41) is 8.03. The van der Waals surface area contributed by atoms with Crippen LogP contribution in [0.5, 0.6) is 5.75 Å². The molecule has 1 heterocycles. The molecule has 22 heavy (non-hydrogen) atoms. The van der Waals surface area contributed by atoms with Crippen LogP contribution in [-0.4, -0.2) is 39.7 Å². The number of hydrogen-bond acceptors (Lipinski definition) is 3. The van der Waals surface area contributed by atoms with Gasteiger partial charge in [0.25, 0.3) is 0 Å². The maximum absolute atomic E-state index is 11.7. The Hall–Kier alpha value is -2.04. The average molecular weight is 301 g/mol. The van der Waals surface area contributed by atoms with Gasteiger partial charge in [-0.05, 0) is 44.4 Å². The quantitative estimate of drug-likeness (QED) is 0.944. The van der Waals surface area contributed by atoms with Gasteiger partial charge in [-0.3, -0.25) is 9.89 Å². The number of aromatic nitrogens is 2. The molecule has 5 nitrogen and oxygen atoms in total. The molecule has 3 rings (SSSR count). The molecule has 1 amide bonds. The van der Waals surface area contributed by atoms with E-state index >= 15 is 0 Å². The van der Waals surface area contributed by atoms with Crippen molar-refractivity contribution in [3.63, 3.8) is 0 Å². The van der Waals surface area contributed by atoms with E-state index in [0.717, 1.165) is 48.9 Å². The molecule has 1 aromatic carbocycles. The van der Waals surface area contributed by atoms with E-state index in [1.54, 1.807) is 13.1 Å². The third-order valence-corrected chi connectivity index (χ3v) is 4.50. The molecule has 0 radical (unpaired) electrons. The number of carbonyl (C=O) groups is 1. The molecule has 1 aliphatic rings. The maximum Gasteiger partial charge on any atom is 0.219 e. The summed E-state index contributed by atoms with van der Waals surface area (Å²) in [6.07, 6.45) is 6.13. The van der Waals surface area contributed by atoms with Crippen LogP contribution < -0.4 is 4.74 Å². The van der Waals surface area contributed by atoms with Crippen molar-refractivity contribution in [3.8, 4) is 5.75 Å². The number of benzene rings is 1. The highest BCUT2D eigenvalue weighted by molar-refractivity contribution is 5.79. The van der Waals surface area contributed by atoms with Crippen LogP contribution in [-0.2, 0) is 4.79 Å². The summed E-state index contributed by atoms with van der Waals surface area (Å²) in [6, 6.07) is 6.29. The Morgan fingerprint density at radius 1 is 1.45 bits per heavy atom. The van der Waals surface area contributed by atoms with Crippen LogP contribution in [0.2, 0.25) is 0 Å². The predicted octanol–water partition coefficient (Wildman–Crippen LogP) is 3.12. The number of nitrogens with one attached hydrogen (secondary N) is 1. The zero-order valence-electron chi connectivity index (χ0n) is 13.2. The van der Waals surface area contributed by atoms with Crippen LogP contribution in [0.25, 0.3) is 10.9 Å². The van der Waals surface area contributed by atoms with E-state index in [4.69, 9.17) is 4.74 Å². The van der Waals surface area contributed by atoms with Crippen molar-refractivity contribution in [1.82, 2.24) is 15.1 Å². The molecule has 0 bridgehead atoms. The number of carbonyl (C=O) groups excluding carboxylic acids is 1. The number of rotatable bonds is 4. The highest BCUT2D eigenvalue weighted by Gasteiger charge is 2.28. The lowest BCUT2D eigenvalue weighted by molar-refractivity contribution is -0.132. The lowest BCUT2D eigenvalue weighted by atomic mass is 9.91. The van der Waals surface area contributed by atoms with Crippen LogP contribution in [0.3, 0.4) is 0 Å². The summed E-state index contributed by atoms with van der Waals surface area (Å²) in [7, 11) is 0. The number of hydrogen-bond donors (Lipinski definition) is 1. The first-order chi connectivity index (χ1) is 10.7. The standard InChI is InChI=1S/C17H23N3O2/c1-3-20(12(2)21)14-5-4-6-15(10-14)22-16-7-8-17-13(9-16)11-18-19-17/h7-9,11,14-15H,3-6,10H2,1-2H3,(H,18,19)/t14-,15-/m1/s1. The van der Waals surface area contributed by atoms with E-state index in [0.29, 0.717) is 6.04 Å². The van der Waals surface area contributed by atoms with Crippen molar-refractivity contribution in [3.05, 3.63) is 24.4 Å². The van der Waals surface area contributed by atoms with Crippen molar-refractivity contribution in [2.75, 3.05) is 6.54 Å². The van der Waals surface area contributed by atoms with Gasteiger partial charge < -0.3 is 9.64 Å². The third-order valence-electron chi connectivity index (χ3n) is 4.50. The number of fused-ring (bicyclic) bond motifs is 1. The zero-order chi connectivity index (χ0) is 15.5. The van der Waals surface area contributed by atoms with E-state index < -0.39 is 0 Å². The van der Waals surface area contributed by atoms with Gasteiger partial charge in [-0.2, -0.15) is 5.10 Å². The molecule has 0 saturated heterocycles. The van der Waals surface area contributed by atoms with Gasteiger partial charge in [-0.25, -0.2) is 0 Å². The number of H-pyrrole nitrogens is 1. The molecule has 1 aliphatic carbocycles. The van der Waals surface area contributed by atoms with Gasteiger partial charge in [0.15, 0.2) is 0 Å². The van der Waals surface area contributed by atoms with Crippen molar-refractivity contribution in [2.24, 2.45) is 0 Å². The van der Waals surface area contributed by atoms with Crippen LogP contribution in [0.15, 0.2) is 24.4 Å². The molecule has 1 saturated carbocycles. The summed E-state index contributed by atoms with van der Waals surface area (Å²) in [5.41, 5.74) is 1.02. The monoisotopic (exact) mass is 301 g/mol. The van der Waals surface area contributed by atoms with Crippen LogP contribution in [0.1, 0.15) is 39.5 Å². The summed E-state index contributed by atoms with van der Waals surface area (Å²) in [6.45, 7) is 4.47. The zero-order valence-corrected chi connectivity index (χ0v) is 13.2. The third kappa shape index (κ3) is 3.08. The molecule has 2 atom stereocenters. The van der Waals surface area contributed by atoms with Gasteiger partial charge >= 0.3 is 0 Å². The highest BCUT2D eigenvalue weighted by atomic mass is 16.5. The number of nitrogens with zero attached hydrogens (tertiary/aromatic N) is 2. The highest BCUT2D eigenvalue weighted by Crippen LogP contribution is 2.28. The Morgan fingerprint density at radius 2 is 2.32 bits per heavy atom. The molecule has 1 N–H and O–H groups in total. The van der Waals surface area contributed by atoms with Crippen molar-refractivity contribution >= 4 is 16.8 Å². The van der Waals surface area contributed by atoms with Crippen LogP contribution in [0, 0.1) is 0 Å². The van der Waals surface area contributed by atoms with E-state index in [1.165, 1.54) is 0 Å². The largest absolute Gasteiger partial charge is 0.490 e. The lowest BCUT2D eigenvalue weighted by Crippen LogP contribution is -2.43. The number of ether oxygens (including phenoxy) is 1. The first-order valence-electron chi connectivity index (χ1n) is 8.04. The number of amides is 1. The Bertz CT molecular complexity index is 652. The summed E-state index contributed by atoms with van der Waals surface area (Å²) in [4.78, 5) is 13.7. The Kier molecular flexibility index (Phi) is 4.32. The van der Waals surface area contributed by atoms with Crippen LogP contribution in [0.4, 0.5) is 0 Å². The molecule has 2 aromatic rings. The van der Waals surface area contributed by atoms with E-state index in [-0.39, 0.29) is 12.0 Å².